The van der Waals surface area contributed by atoms with Crippen molar-refractivity contribution in [1.82, 2.24) is 0 Å². The zero-order chi connectivity index (χ0) is 7.56. The average molecular weight is 268 g/mol. The molecule has 0 aromatic rings. The molecule has 0 heterocycles. The van der Waals surface area contributed by atoms with Crippen LogP contribution in [0.25, 0.3) is 0 Å². The molecule has 0 radical (unpaired) electrons. The van der Waals surface area contributed by atoms with Gasteiger partial charge in [-0.3, -0.25) is 0 Å². The van der Waals surface area contributed by atoms with E-state index in [0.717, 1.165) is 5.92 Å². The van der Waals surface area contributed by atoms with Crippen molar-refractivity contribution in [2.75, 3.05) is 0 Å². The highest BCUT2D eigenvalue weighted by Gasteiger charge is 2.17. The van der Waals surface area contributed by atoms with E-state index >= 15 is 0 Å². The Morgan fingerprint density at radius 3 is 2.90 bits per heavy atom. The van der Waals surface area contributed by atoms with Crippen LogP contribution in [-0.2, 0) is 0 Å². The second-order valence-electron chi connectivity index (χ2n) is 2.84. The Morgan fingerprint density at radius 2 is 2.40 bits per heavy atom. The third-order valence-corrected chi connectivity index (χ3v) is 3.21. The molecule has 10 heavy (non-hydrogen) atoms. The van der Waals surface area contributed by atoms with Gasteiger partial charge in [0.05, 0.1) is 0 Å². The summed E-state index contributed by atoms with van der Waals surface area (Å²) in [7, 11) is 0. The number of hydrogen-bond donors (Lipinski definition) is 0. The topological polar surface area (TPSA) is 0 Å². The van der Waals surface area contributed by atoms with Crippen LogP contribution in [0.3, 0.4) is 0 Å². The number of hydrogen-bond acceptors (Lipinski definition) is 0. The van der Waals surface area contributed by atoms with E-state index in [1.165, 1.54) is 23.7 Å². The summed E-state index contributed by atoms with van der Waals surface area (Å²) in [6, 6.07) is 0. The minimum atomic E-state index is 0.598. The van der Waals surface area contributed by atoms with Crippen molar-refractivity contribution in [3.63, 3.8) is 0 Å². The minimum Gasteiger partial charge on any atom is -0.0845 e. The van der Waals surface area contributed by atoms with E-state index in [4.69, 9.17) is 0 Å². The van der Waals surface area contributed by atoms with Gasteiger partial charge in [-0.25, -0.2) is 0 Å². The van der Waals surface area contributed by atoms with Gasteiger partial charge in [-0.1, -0.05) is 51.3 Å². The summed E-state index contributed by atoms with van der Waals surface area (Å²) in [6.45, 7) is 2.26. The fourth-order valence-electron chi connectivity index (χ4n) is 1.32. The van der Waals surface area contributed by atoms with Crippen LogP contribution in [0.15, 0.2) is 10.6 Å². The van der Waals surface area contributed by atoms with Gasteiger partial charge in [-0.15, -0.1) is 0 Å². The van der Waals surface area contributed by atoms with E-state index in [9.17, 15) is 0 Å². The summed E-state index contributed by atoms with van der Waals surface area (Å²) in [6.07, 6.45) is 6.08. The van der Waals surface area contributed by atoms with E-state index in [1.807, 2.05) is 0 Å². The molecule has 0 bridgehead atoms. The predicted molar refractivity (Wildman–Crippen MR) is 52.7 cm³/mol. The largest absolute Gasteiger partial charge is 0.0845 e. The van der Waals surface area contributed by atoms with E-state index in [1.54, 1.807) is 0 Å². The van der Waals surface area contributed by atoms with E-state index in [0.29, 0.717) is 4.83 Å². The summed E-state index contributed by atoms with van der Waals surface area (Å²) in [5.41, 5.74) is 0. The molecule has 0 saturated heterocycles. The fraction of sp³-hybridized carbons (Fsp3) is 0.750. The van der Waals surface area contributed by atoms with E-state index in [2.05, 4.69) is 44.9 Å². The normalized spacial score (nSPS) is 33.7. The van der Waals surface area contributed by atoms with Crippen LogP contribution in [0, 0.1) is 5.92 Å². The van der Waals surface area contributed by atoms with Crippen molar-refractivity contribution < 1.29 is 0 Å². The molecule has 0 spiro atoms. The molecule has 0 aromatic heterocycles. The fourth-order valence-corrected chi connectivity index (χ4v) is 3.30. The van der Waals surface area contributed by atoms with Gasteiger partial charge in [0, 0.05) is 4.83 Å². The Kier molecular flexibility index (Phi) is 3.44. The van der Waals surface area contributed by atoms with Crippen LogP contribution < -0.4 is 0 Å². The van der Waals surface area contributed by atoms with Crippen molar-refractivity contribution in [3.8, 4) is 0 Å². The number of alkyl halides is 1. The molecule has 0 aromatic carbocycles. The smallest absolute Gasteiger partial charge is 0.0338 e. The Bertz CT molecular complexity index is 140. The molecule has 2 unspecified atom stereocenters. The van der Waals surface area contributed by atoms with Crippen LogP contribution >= 0.6 is 31.9 Å². The zero-order valence-corrected chi connectivity index (χ0v) is 9.28. The van der Waals surface area contributed by atoms with Crippen molar-refractivity contribution in [2.45, 2.75) is 31.0 Å². The van der Waals surface area contributed by atoms with Gasteiger partial charge in [0.2, 0.25) is 0 Å². The van der Waals surface area contributed by atoms with Crippen LogP contribution in [0.5, 0.6) is 0 Å². The van der Waals surface area contributed by atoms with Crippen LogP contribution in [0.1, 0.15) is 26.2 Å². The molecule has 0 amide bonds. The van der Waals surface area contributed by atoms with Crippen molar-refractivity contribution in [3.05, 3.63) is 10.6 Å². The highest BCUT2D eigenvalue weighted by atomic mass is 79.9. The predicted octanol–water partition coefficient (Wildman–Crippen LogP) is 3.85. The van der Waals surface area contributed by atoms with Crippen LogP contribution in [0.4, 0.5) is 0 Å². The average Bonchev–Trinajstić information content (AvgIpc) is 1.85. The van der Waals surface area contributed by atoms with Crippen LogP contribution in [-0.4, -0.2) is 4.83 Å². The highest BCUT2D eigenvalue weighted by Crippen LogP contribution is 2.32. The summed E-state index contributed by atoms with van der Waals surface area (Å²) >= 11 is 7.14. The molecule has 0 fully saturated rings. The molecule has 0 aliphatic heterocycles. The van der Waals surface area contributed by atoms with Gasteiger partial charge in [0.15, 0.2) is 0 Å². The molecule has 2 heteroatoms. The lowest BCUT2D eigenvalue weighted by molar-refractivity contribution is 0.470. The monoisotopic (exact) mass is 266 g/mol. The molecule has 1 aliphatic rings. The van der Waals surface area contributed by atoms with E-state index < -0.39 is 0 Å². The zero-order valence-electron chi connectivity index (χ0n) is 6.11. The Balaban J connectivity index is 2.52. The first-order chi connectivity index (χ1) is 4.72. The van der Waals surface area contributed by atoms with Gasteiger partial charge in [0.1, 0.15) is 0 Å². The number of rotatable bonds is 1. The van der Waals surface area contributed by atoms with Gasteiger partial charge >= 0.3 is 0 Å². The minimum absolute atomic E-state index is 0.598. The third kappa shape index (κ3) is 2.39. The van der Waals surface area contributed by atoms with Crippen molar-refractivity contribution in [1.29, 1.82) is 0 Å². The first-order valence-electron chi connectivity index (χ1n) is 3.72. The van der Waals surface area contributed by atoms with Gasteiger partial charge < -0.3 is 0 Å². The number of allylic oxidation sites excluding steroid dienone is 2. The molecule has 1 rings (SSSR count). The standard InChI is InChI=1S/C8H12Br2/c1-2-6-3-7(9)5-8(10)4-6/h5-7H,2-4H2,1H3. The maximum absolute atomic E-state index is 3.60. The Labute approximate surface area is 79.3 Å². The second-order valence-corrected chi connectivity index (χ2v) is 5.04. The quantitative estimate of drug-likeness (QED) is 0.633. The van der Waals surface area contributed by atoms with Crippen LogP contribution in [0.2, 0.25) is 0 Å². The molecular formula is C8H12Br2. The first-order valence-corrected chi connectivity index (χ1v) is 5.43. The summed E-state index contributed by atoms with van der Waals surface area (Å²) < 4.78 is 1.37. The molecular weight excluding hydrogens is 256 g/mol. The van der Waals surface area contributed by atoms with E-state index in [-0.39, 0.29) is 0 Å². The van der Waals surface area contributed by atoms with Crippen molar-refractivity contribution in [2.24, 2.45) is 5.92 Å². The lowest BCUT2D eigenvalue weighted by atomic mass is 9.92. The molecule has 0 N–H and O–H groups in total. The maximum atomic E-state index is 3.60. The lowest BCUT2D eigenvalue weighted by Gasteiger charge is -2.21. The SMILES string of the molecule is CCC1CC(Br)=CC(Br)C1. The molecule has 0 nitrogen and oxygen atoms in total. The van der Waals surface area contributed by atoms with Gasteiger partial charge in [0.25, 0.3) is 0 Å². The van der Waals surface area contributed by atoms with Gasteiger partial charge in [-0.05, 0) is 23.2 Å². The molecule has 58 valence electrons. The second kappa shape index (κ2) is 3.91. The maximum Gasteiger partial charge on any atom is 0.0338 e. The molecule has 2 atom stereocenters. The molecule has 1 aliphatic carbocycles. The highest BCUT2D eigenvalue weighted by molar-refractivity contribution is 9.12. The first kappa shape index (κ1) is 8.79. The Morgan fingerprint density at radius 1 is 1.70 bits per heavy atom. The number of halogens is 2. The van der Waals surface area contributed by atoms with Crippen molar-refractivity contribution >= 4 is 31.9 Å². The molecule has 0 saturated carbocycles. The Hall–Kier alpha value is 0.700. The van der Waals surface area contributed by atoms with Gasteiger partial charge in [-0.2, -0.15) is 0 Å². The summed E-state index contributed by atoms with van der Waals surface area (Å²) in [4.78, 5) is 0.598. The summed E-state index contributed by atoms with van der Waals surface area (Å²) in [5.74, 6) is 0.878. The third-order valence-electron chi connectivity index (χ3n) is 1.98. The lowest BCUT2D eigenvalue weighted by Crippen LogP contribution is -2.11. The summed E-state index contributed by atoms with van der Waals surface area (Å²) in [5, 5.41) is 0.